The minimum absolute atomic E-state index is 0.185. The maximum absolute atomic E-state index is 13.3. The minimum Gasteiger partial charge on any atom is -0.490 e. The molecule has 128 valence electrons. The van der Waals surface area contributed by atoms with Gasteiger partial charge in [0.05, 0.1) is 18.4 Å². The maximum atomic E-state index is 13.3. The van der Waals surface area contributed by atoms with Crippen molar-refractivity contribution in [3.63, 3.8) is 0 Å². The molecule has 1 aromatic carbocycles. The number of hydrogen-bond acceptors (Lipinski definition) is 4. The monoisotopic (exact) mass is 334 g/mol. The summed E-state index contributed by atoms with van der Waals surface area (Å²) in [4.78, 5) is 23.7. The summed E-state index contributed by atoms with van der Waals surface area (Å²) < 4.78 is 23.4. The second-order valence-corrected chi connectivity index (χ2v) is 5.13. The molecule has 0 aliphatic rings. The van der Waals surface area contributed by atoms with Crippen molar-refractivity contribution in [1.29, 1.82) is 0 Å². The van der Waals surface area contributed by atoms with E-state index in [0.29, 0.717) is 18.5 Å². The van der Waals surface area contributed by atoms with E-state index >= 15 is 0 Å². The van der Waals surface area contributed by atoms with E-state index in [2.05, 4.69) is 10.6 Å². The molecule has 0 aliphatic heterocycles. The predicted molar refractivity (Wildman–Crippen MR) is 85.2 cm³/mol. The molecule has 1 heterocycles. The van der Waals surface area contributed by atoms with Gasteiger partial charge in [0.2, 0.25) is 5.91 Å². The fourth-order valence-electron chi connectivity index (χ4n) is 1.92. The van der Waals surface area contributed by atoms with Gasteiger partial charge in [-0.25, -0.2) is 4.39 Å². The van der Waals surface area contributed by atoms with Gasteiger partial charge in [0.1, 0.15) is 12.3 Å². The minimum atomic E-state index is -0.681. The highest BCUT2D eigenvalue weighted by molar-refractivity contribution is 5.97. The lowest BCUT2D eigenvalue weighted by Gasteiger charge is -2.13. The van der Waals surface area contributed by atoms with E-state index < -0.39 is 11.9 Å². The Morgan fingerprint density at radius 1 is 1.29 bits per heavy atom. The van der Waals surface area contributed by atoms with Gasteiger partial charge in [-0.1, -0.05) is 12.1 Å². The lowest BCUT2D eigenvalue weighted by atomic mass is 10.2. The quantitative estimate of drug-likeness (QED) is 0.725. The van der Waals surface area contributed by atoms with E-state index in [4.69, 9.17) is 9.15 Å². The molecule has 1 atom stereocenters. The van der Waals surface area contributed by atoms with Crippen LogP contribution >= 0.6 is 0 Å². The van der Waals surface area contributed by atoms with Gasteiger partial charge in [-0.3, -0.25) is 9.59 Å². The molecule has 2 amide bonds. The number of rotatable bonds is 8. The normalized spacial score (nSPS) is 11.6. The first-order valence-electron chi connectivity index (χ1n) is 7.56. The molecule has 0 bridgehead atoms. The molecule has 0 aliphatic carbocycles. The van der Waals surface area contributed by atoms with E-state index in [1.165, 1.54) is 24.7 Å². The molecular weight excluding hydrogens is 315 g/mol. The van der Waals surface area contributed by atoms with Crippen LogP contribution < -0.4 is 15.4 Å². The summed E-state index contributed by atoms with van der Waals surface area (Å²) in [5.41, 5.74) is 0.355. The summed E-state index contributed by atoms with van der Waals surface area (Å²) in [6, 6.07) is 6.97. The van der Waals surface area contributed by atoms with Crippen molar-refractivity contribution in [3.05, 3.63) is 54.2 Å². The number of hydrogen-bond donors (Lipinski definition) is 2. The summed E-state index contributed by atoms with van der Waals surface area (Å²) in [5.74, 6) is -0.922. The molecule has 1 aromatic heterocycles. The molecule has 0 unspecified atom stereocenters. The second-order valence-electron chi connectivity index (χ2n) is 5.13. The Kier molecular flexibility index (Phi) is 6.36. The average Bonchev–Trinajstić information content (AvgIpc) is 3.10. The average molecular weight is 334 g/mol. The van der Waals surface area contributed by atoms with Crippen LogP contribution in [0.3, 0.4) is 0 Å². The Morgan fingerprint density at radius 2 is 2.08 bits per heavy atom. The topological polar surface area (TPSA) is 80.6 Å². The molecule has 24 heavy (non-hydrogen) atoms. The van der Waals surface area contributed by atoms with Crippen LogP contribution in [0, 0.1) is 5.82 Å². The first-order chi connectivity index (χ1) is 11.6. The zero-order valence-corrected chi connectivity index (χ0v) is 13.3. The Hall–Kier alpha value is -2.83. The van der Waals surface area contributed by atoms with Crippen LogP contribution in [0.15, 0.2) is 47.3 Å². The Labute approximate surface area is 139 Å². The van der Waals surface area contributed by atoms with Crippen LogP contribution in [-0.2, 0) is 4.79 Å². The molecule has 0 radical (unpaired) electrons. The van der Waals surface area contributed by atoms with Gasteiger partial charge in [0, 0.05) is 6.54 Å². The van der Waals surface area contributed by atoms with E-state index in [-0.39, 0.29) is 24.2 Å². The highest BCUT2D eigenvalue weighted by atomic mass is 19.1. The number of para-hydroxylation sites is 1. The van der Waals surface area contributed by atoms with E-state index in [1.54, 1.807) is 25.1 Å². The maximum Gasteiger partial charge on any atom is 0.255 e. The van der Waals surface area contributed by atoms with E-state index in [1.807, 2.05) is 0 Å². The number of benzene rings is 1. The summed E-state index contributed by atoms with van der Waals surface area (Å²) in [5, 5.41) is 5.25. The van der Waals surface area contributed by atoms with Crippen LogP contribution in [0.2, 0.25) is 0 Å². The van der Waals surface area contributed by atoms with Crippen molar-refractivity contribution >= 4 is 11.8 Å². The van der Waals surface area contributed by atoms with Gasteiger partial charge < -0.3 is 19.8 Å². The van der Waals surface area contributed by atoms with Crippen molar-refractivity contribution in [3.8, 4) is 5.75 Å². The van der Waals surface area contributed by atoms with Gasteiger partial charge in [0.15, 0.2) is 11.6 Å². The molecule has 0 spiro atoms. The summed E-state index contributed by atoms with van der Waals surface area (Å²) >= 11 is 0. The SMILES string of the molecule is C[C@@H](NC(=O)c1ccoc1)C(=O)NCCCOc1ccccc1F. The van der Waals surface area contributed by atoms with Gasteiger partial charge in [-0.2, -0.15) is 0 Å². The number of amides is 2. The molecule has 0 saturated carbocycles. The van der Waals surface area contributed by atoms with Crippen molar-refractivity contribution in [1.82, 2.24) is 10.6 Å². The van der Waals surface area contributed by atoms with E-state index in [0.717, 1.165) is 0 Å². The Morgan fingerprint density at radius 3 is 2.79 bits per heavy atom. The number of carbonyl (C=O) groups excluding carboxylic acids is 2. The zero-order chi connectivity index (χ0) is 17.4. The van der Waals surface area contributed by atoms with Crippen LogP contribution in [0.25, 0.3) is 0 Å². The van der Waals surface area contributed by atoms with Gasteiger partial charge >= 0.3 is 0 Å². The molecule has 0 saturated heterocycles. The fraction of sp³-hybridized carbons (Fsp3) is 0.294. The fourth-order valence-corrected chi connectivity index (χ4v) is 1.92. The smallest absolute Gasteiger partial charge is 0.255 e. The molecular formula is C17H19FN2O4. The van der Waals surface area contributed by atoms with E-state index in [9.17, 15) is 14.0 Å². The number of halogens is 1. The molecule has 7 heteroatoms. The van der Waals surface area contributed by atoms with Gasteiger partial charge in [-0.15, -0.1) is 0 Å². The molecule has 6 nitrogen and oxygen atoms in total. The number of ether oxygens (including phenoxy) is 1. The van der Waals surface area contributed by atoms with Crippen LogP contribution in [0.1, 0.15) is 23.7 Å². The summed E-state index contributed by atoms with van der Waals surface area (Å²) in [6.45, 7) is 2.22. The third-order valence-corrected chi connectivity index (χ3v) is 3.24. The zero-order valence-electron chi connectivity index (χ0n) is 13.3. The van der Waals surface area contributed by atoms with Gasteiger partial charge in [-0.05, 0) is 31.5 Å². The van der Waals surface area contributed by atoms with Crippen molar-refractivity contribution in [2.45, 2.75) is 19.4 Å². The highest BCUT2D eigenvalue weighted by Gasteiger charge is 2.16. The third kappa shape index (κ3) is 5.12. The summed E-state index contributed by atoms with van der Waals surface area (Å²) in [7, 11) is 0. The molecule has 2 rings (SSSR count). The third-order valence-electron chi connectivity index (χ3n) is 3.24. The number of nitrogens with one attached hydrogen (secondary N) is 2. The lowest BCUT2D eigenvalue weighted by Crippen LogP contribution is -2.45. The predicted octanol–water partition coefficient (Wildman–Crippen LogP) is 2.12. The lowest BCUT2D eigenvalue weighted by molar-refractivity contribution is -0.122. The Bertz CT molecular complexity index is 673. The van der Waals surface area contributed by atoms with Crippen LogP contribution in [-0.4, -0.2) is 31.0 Å². The molecule has 2 aromatic rings. The standard InChI is InChI=1S/C17H19FN2O4/c1-12(20-17(22)13-7-10-23-11-13)16(21)19-8-4-9-24-15-6-3-2-5-14(15)18/h2-3,5-7,10-12H,4,8-9H2,1H3,(H,19,21)(H,20,22)/t12-/m1/s1. The second kappa shape index (κ2) is 8.71. The van der Waals surface area contributed by atoms with Crippen molar-refractivity contribution in [2.24, 2.45) is 0 Å². The first-order valence-corrected chi connectivity index (χ1v) is 7.56. The number of furan rings is 1. The van der Waals surface area contributed by atoms with Crippen molar-refractivity contribution in [2.75, 3.05) is 13.2 Å². The van der Waals surface area contributed by atoms with Crippen LogP contribution in [0.4, 0.5) is 4.39 Å². The van der Waals surface area contributed by atoms with Gasteiger partial charge in [0.25, 0.3) is 5.91 Å². The largest absolute Gasteiger partial charge is 0.490 e. The van der Waals surface area contributed by atoms with Crippen molar-refractivity contribution < 1.29 is 23.1 Å². The molecule has 0 fully saturated rings. The highest BCUT2D eigenvalue weighted by Crippen LogP contribution is 2.15. The molecule has 2 N–H and O–H groups in total. The summed E-state index contributed by atoms with van der Waals surface area (Å²) in [6.07, 6.45) is 3.21. The first kappa shape index (κ1) is 17.5. The number of carbonyl (C=O) groups is 2. The Balaban J connectivity index is 1.64. The van der Waals surface area contributed by atoms with Crippen LogP contribution in [0.5, 0.6) is 5.75 Å².